The monoisotopic (exact) mass is 276 g/mol. The fraction of sp³-hybridized carbons (Fsp3) is 0.545. The number of carbonyl (C=O) groups is 1. The first-order chi connectivity index (χ1) is 8.00. The fourth-order valence-electron chi connectivity index (χ4n) is 1.44. The fourth-order valence-corrected chi connectivity index (χ4v) is 3.20. The van der Waals surface area contributed by atoms with Gasteiger partial charge in [-0.15, -0.1) is 11.3 Å². The van der Waals surface area contributed by atoms with Crippen LogP contribution in [0, 0.1) is 6.92 Å². The maximum atomic E-state index is 11.7. The molecule has 17 heavy (non-hydrogen) atoms. The first-order valence-electron chi connectivity index (χ1n) is 5.26. The number of ketones is 1. The Hall–Kier alpha value is -0.480. The SMILES string of the molecule is COP(=O)(CC(=O)CCc1ccsc1C)OC. The van der Waals surface area contributed by atoms with Crippen molar-refractivity contribution in [2.75, 3.05) is 20.4 Å². The van der Waals surface area contributed by atoms with Gasteiger partial charge in [-0.3, -0.25) is 9.36 Å². The highest BCUT2D eigenvalue weighted by Gasteiger charge is 2.25. The van der Waals surface area contributed by atoms with Gasteiger partial charge in [-0.05, 0) is 30.4 Å². The molecule has 0 atom stereocenters. The van der Waals surface area contributed by atoms with Gasteiger partial charge in [0.1, 0.15) is 11.9 Å². The highest BCUT2D eigenvalue weighted by atomic mass is 32.1. The van der Waals surface area contributed by atoms with Crippen molar-refractivity contribution in [3.63, 3.8) is 0 Å². The van der Waals surface area contributed by atoms with E-state index >= 15 is 0 Å². The van der Waals surface area contributed by atoms with Crippen LogP contribution < -0.4 is 0 Å². The van der Waals surface area contributed by atoms with Crippen LogP contribution in [-0.4, -0.2) is 26.2 Å². The zero-order chi connectivity index (χ0) is 12.9. The van der Waals surface area contributed by atoms with E-state index in [1.54, 1.807) is 11.3 Å². The zero-order valence-corrected chi connectivity index (χ0v) is 12.0. The van der Waals surface area contributed by atoms with Crippen molar-refractivity contribution in [2.45, 2.75) is 19.8 Å². The molecular formula is C11H17O4PS. The van der Waals surface area contributed by atoms with Crippen molar-refractivity contribution in [2.24, 2.45) is 0 Å². The van der Waals surface area contributed by atoms with Gasteiger partial charge in [-0.25, -0.2) is 0 Å². The van der Waals surface area contributed by atoms with Crippen LogP contribution in [0.5, 0.6) is 0 Å². The second kappa shape index (κ2) is 6.45. The van der Waals surface area contributed by atoms with E-state index in [-0.39, 0.29) is 11.9 Å². The molecule has 0 unspecified atom stereocenters. The van der Waals surface area contributed by atoms with Crippen LogP contribution in [0.2, 0.25) is 0 Å². The Morgan fingerprint density at radius 2 is 2.06 bits per heavy atom. The quantitative estimate of drug-likeness (QED) is 0.718. The average Bonchev–Trinajstić information content (AvgIpc) is 2.72. The molecular weight excluding hydrogens is 259 g/mol. The largest absolute Gasteiger partial charge is 0.337 e. The van der Waals surface area contributed by atoms with E-state index in [1.807, 2.05) is 18.4 Å². The second-order valence-electron chi connectivity index (χ2n) is 3.67. The summed E-state index contributed by atoms with van der Waals surface area (Å²) in [5.41, 5.74) is 1.17. The van der Waals surface area contributed by atoms with Crippen molar-refractivity contribution in [3.8, 4) is 0 Å². The molecule has 0 amide bonds. The lowest BCUT2D eigenvalue weighted by Gasteiger charge is -2.12. The van der Waals surface area contributed by atoms with Crippen molar-refractivity contribution in [1.29, 1.82) is 0 Å². The van der Waals surface area contributed by atoms with Gasteiger partial charge in [0.2, 0.25) is 0 Å². The number of aryl methyl sites for hydroxylation is 2. The van der Waals surface area contributed by atoms with Gasteiger partial charge in [-0.2, -0.15) is 0 Å². The number of carbonyl (C=O) groups excluding carboxylic acids is 1. The van der Waals surface area contributed by atoms with E-state index in [2.05, 4.69) is 0 Å². The molecule has 0 aromatic carbocycles. The smallest absolute Gasteiger partial charge is 0.312 e. The molecule has 0 aliphatic carbocycles. The minimum Gasteiger partial charge on any atom is -0.312 e. The van der Waals surface area contributed by atoms with Crippen LogP contribution >= 0.6 is 18.9 Å². The minimum absolute atomic E-state index is 0.0948. The Balaban J connectivity index is 2.46. The normalized spacial score (nSPS) is 11.7. The van der Waals surface area contributed by atoms with E-state index in [4.69, 9.17) is 9.05 Å². The molecule has 1 rings (SSSR count). The number of thiophene rings is 1. The molecule has 0 spiro atoms. The molecule has 0 N–H and O–H groups in total. The topological polar surface area (TPSA) is 52.6 Å². The third kappa shape index (κ3) is 4.36. The van der Waals surface area contributed by atoms with E-state index in [0.29, 0.717) is 12.8 Å². The lowest BCUT2D eigenvalue weighted by atomic mass is 10.1. The van der Waals surface area contributed by atoms with Crippen LogP contribution in [0.25, 0.3) is 0 Å². The Labute approximate surface area is 105 Å². The predicted molar refractivity (Wildman–Crippen MR) is 68.9 cm³/mol. The number of rotatable bonds is 7. The summed E-state index contributed by atoms with van der Waals surface area (Å²) in [6.45, 7) is 2.03. The maximum absolute atomic E-state index is 11.7. The van der Waals surface area contributed by atoms with Gasteiger partial charge in [0.15, 0.2) is 0 Å². The molecule has 96 valence electrons. The van der Waals surface area contributed by atoms with Crippen LogP contribution in [-0.2, 0) is 24.8 Å². The lowest BCUT2D eigenvalue weighted by molar-refractivity contribution is -0.116. The maximum Gasteiger partial charge on any atom is 0.337 e. The summed E-state index contributed by atoms with van der Waals surface area (Å²) in [4.78, 5) is 12.9. The molecule has 0 saturated heterocycles. The van der Waals surface area contributed by atoms with Gasteiger partial charge < -0.3 is 9.05 Å². The first-order valence-corrected chi connectivity index (χ1v) is 7.86. The third-order valence-corrected chi connectivity index (χ3v) is 5.31. The number of hydrogen-bond donors (Lipinski definition) is 0. The molecule has 1 heterocycles. The van der Waals surface area contributed by atoms with E-state index in [0.717, 1.165) is 0 Å². The van der Waals surface area contributed by atoms with Gasteiger partial charge in [0.05, 0.1) is 0 Å². The summed E-state index contributed by atoms with van der Waals surface area (Å²) in [5.74, 6) is -0.0948. The van der Waals surface area contributed by atoms with Crippen molar-refractivity contribution >= 4 is 24.7 Å². The lowest BCUT2D eigenvalue weighted by Crippen LogP contribution is -2.08. The van der Waals surface area contributed by atoms with E-state index in [1.165, 1.54) is 24.7 Å². The Kier molecular flexibility index (Phi) is 5.53. The minimum atomic E-state index is -3.20. The number of Topliss-reactive ketones (excluding diaryl/α,β-unsaturated/α-hetero) is 1. The zero-order valence-electron chi connectivity index (χ0n) is 10.3. The van der Waals surface area contributed by atoms with Crippen molar-refractivity contribution in [3.05, 3.63) is 21.9 Å². The Morgan fingerprint density at radius 1 is 1.41 bits per heavy atom. The molecule has 0 fully saturated rings. The molecule has 0 saturated carbocycles. The average molecular weight is 276 g/mol. The summed E-state index contributed by atoms with van der Waals surface area (Å²) in [6, 6.07) is 2.01. The van der Waals surface area contributed by atoms with Gasteiger partial charge in [0, 0.05) is 25.5 Å². The summed E-state index contributed by atoms with van der Waals surface area (Å²) in [6.07, 6.45) is 0.902. The van der Waals surface area contributed by atoms with Gasteiger partial charge in [0.25, 0.3) is 0 Å². The third-order valence-electron chi connectivity index (χ3n) is 2.57. The molecule has 0 aliphatic rings. The van der Waals surface area contributed by atoms with Crippen LogP contribution in [0.4, 0.5) is 0 Å². The first kappa shape index (κ1) is 14.6. The predicted octanol–water partition coefficient (Wildman–Crippen LogP) is 3.04. The molecule has 4 nitrogen and oxygen atoms in total. The van der Waals surface area contributed by atoms with Gasteiger partial charge >= 0.3 is 7.60 Å². The Morgan fingerprint density at radius 3 is 2.53 bits per heavy atom. The molecule has 0 radical (unpaired) electrons. The highest BCUT2D eigenvalue weighted by molar-refractivity contribution is 7.54. The summed E-state index contributed by atoms with van der Waals surface area (Å²) in [7, 11) is -0.618. The Bertz CT molecular complexity index is 419. The van der Waals surface area contributed by atoms with Crippen LogP contribution in [0.1, 0.15) is 16.9 Å². The van der Waals surface area contributed by atoms with Crippen LogP contribution in [0.3, 0.4) is 0 Å². The van der Waals surface area contributed by atoms with E-state index in [9.17, 15) is 9.36 Å². The summed E-state index contributed by atoms with van der Waals surface area (Å²) >= 11 is 1.66. The molecule has 1 aromatic rings. The van der Waals surface area contributed by atoms with E-state index < -0.39 is 7.60 Å². The molecule has 0 aliphatic heterocycles. The number of hydrogen-bond acceptors (Lipinski definition) is 5. The molecule has 6 heteroatoms. The van der Waals surface area contributed by atoms with Crippen molar-refractivity contribution in [1.82, 2.24) is 0 Å². The highest BCUT2D eigenvalue weighted by Crippen LogP contribution is 2.46. The summed E-state index contributed by atoms with van der Waals surface area (Å²) in [5, 5.41) is 2.00. The second-order valence-corrected chi connectivity index (χ2v) is 7.06. The van der Waals surface area contributed by atoms with Gasteiger partial charge in [-0.1, -0.05) is 0 Å². The summed E-state index contributed by atoms with van der Waals surface area (Å²) < 4.78 is 21.2. The van der Waals surface area contributed by atoms with Crippen molar-refractivity contribution < 1.29 is 18.4 Å². The van der Waals surface area contributed by atoms with Crippen LogP contribution in [0.15, 0.2) is 11.4 Å². The molecule has 1 aromatic heterocycles. The standard InChI is InChI=1S/C11H17O4PS/c1-9-10(6-7-17-9)4-5-11(12)8-16(13,14-2)15-3/h6-7H,4-5,8H2,1-3H3. The molecule has 0 bridgehead atoms.